The van der Waals surface area contributed by atoms with Crippen LogP contribution < -0.4 is 14.4 Å². The van der Waals surface area contributed by atoms with Crippen molar-refractivity contribution in [3.63, 3.8) is 0 Å². The van der Waals surface area contributed by atoms with E-state index in [1.54, 1.807) is 0 Å². The van der Waals surface area contributed by atoms with Gasteiger partial charge in [-0.15, -0.1) is 13.2 Å². The Kier molecular flexibility index (Phi) is 8.76. The molecule has 37 heavy (non-hydrogen) atoms. The third-order valence-corrected chi connectivity index (χ3v) is 5.94. The molecule has 0 aromatic heterocycles. The lowest BCUT2D eigenvalue weighted by Gasteiger charge is -2.42. The van der Waals surface area contributed by atoms with Gasteiger partial charge in [0.2, 0.25) is 0 Å². The van der Waals surface area contributed by atoms with Crippen molar-refractivity contribution in [1.29, 1.82) is 0 Å². The molecule has 0 aliphatic heterocycles. The number of aliphatic hydroxyl groups is 1. The number of rotatable bonds is 8. The average Bonchev–Trinajstić information content (AvgIpc) is 2.77. The summed E-state index contributed by atoms with van der Waals surface area (Å²) in [5.41, 5.74) is -0.295. The van der Waals surface area contributed by atoms with Crippen LogP contribution in [0.1, 0.15) is 32.1 Å². The third-order valence-electron chi connectivity index (χ3n) is 5.94. The van der Waals surface area contributed by atoms with E-state index in [4.69, 9.17) is 4.74 Å². The average molecular weight is 545 g/mol. The summed E-state index contributed by atoms with van der Waals surface area (Å²) in [7, 11) is 0. The molecule has 0 spiro atoms. The Bertz CT molecular complexity index is 1020. The van der Waals surface area contributed by atoms with E-state index < -0.39 is 49.1 Å². The van der Waals surface area contributed by atoms with Gasteiger partial charge in [0, 0.05) is 17.8 Å². The number of halogens is 9. The summed E-state index contributed by atoms with van der Waals surface area (Å²) in [6.07, 6.45) is -16.1. The molecule has 0 amide bonds. The van der Waals surface area contributed by atoms with E-state index in [0.29, 0.717) is 24.2 Å². The van der Waals surface area contributed by atoms with E-state index >= 15 is 0 Å². The highest BCUT2D eigenvalue weighted by atomic mass is 19.4. The van der Waals surface area contributed by atoms with Crippen molar-refractivity contribution < 1.29 is 54.1 Å². The van der Waals surface area contributed by atoms with Crippen LogP contribution in [0, 0.1) is 5.92 Å². The Balaban J connectivity index is 1.96. The molecule has 1 N–H and O–H groups in total. The van der Waals surface area contributed by atoms with Crippen molar-refractivity contribution in [1.82, 2.24) is 0 Å². The van der Waals surface area contributed by atoms with Gasteiger partial charge in [-0.05, 0) is 43.0 Å². The van der Waals surface area contributed by atoms with Gasteiger partial charge in [0.1, 0.15) is 23.3 Å². The Hall–Kier alpha value is -2.83. The predicted molar refractivity (Wildman–Crippen MR) is 115 cm³/mol. The summed E-state index contributed by atoms with van der Waals surface area (Å²) in [5.74, 6) is -1.89. The van der Waals surface area contributed by atoms with Gasteiger partial charge < -0.3 is 19.5 Å². The number of benzene rings is 2. The maximum atomic E-state index is 14.3. The molecule has 13 heteroatoms. The highest BCUT2D eigenvalue weighted by Gasteiger charge is 2.50. The van der Waals surface area contributed by atoms with E-state index in [1.165, 1.54) is 24.3 Å². The summed E-state index contributed by atoms with van der Waals surface area (Å²) in [6.45, 7) is -1.37. The summed E-state index contributed by atoms with van der Waals surface area (Å²) in [5, 5.41) is 9.69. The highest BCUT2D eigenvalue weighted by molar-refractivity contribution is 5.53. The van der Waals surface area contributed by atoms with Crippen LogP contribution in [0.15, 0.2) is 48.5 Å². The lowest BCUT2D eigenvalue weighted by atomic mass is 9.82. The zero-order valence-electron chi connectivity index (χ0n) is 19.2. The Morgan fingerprint density at radius 3 is 1.92 bits per heavy atom. The first-order valence-electron chi connectivity index (χ1n) is 11.4. The lowest BCUT2D eigenvalue weighted by Crippen LogP contribution is -2.55. The fourth-order valence-corrected chi connectivity index (χ4v) is 4.41. The van der Waals surface area contributed by atoms with Crippen LogP contribution in [0.4, 0.5) is 45.2 Å². The van der Waals surface area contributed by atoms with E-state index in [9.17, 15) is 44.6 Å². The predicted octanol–water partition coefficient (Wildman–Crippen LogP) is 7.62. The Labute approximate surface area is 206 Å². The fraction of sp³-hybridized carbons (Fsp3) is 0.500. The van der Waals surface area contributed by atoms with Gasteiger partial charge in [0.25, 0.3) is 0 Å². The largest absolute Gasteiger partial charge is 0.573 e. The molecule has 1 aliphatic carbocycles. The molecule has 206 valence electrons. The summed E-state index contributed by atoms with van der Waals surface area (Å²) in [4.78, 5) is 0.490. The highest BCUT2D eigenvalue weighted by Crippen LogP contribution is 2.41. The molecule has 0 heterocycles. The molecule has 2 aromatic rings. The minimum Gasteiger partial charge on any atom is -0.457 e. The molecular formula is C24H24F9NO3. The molecule has 2 unspecified atom stereocenters. The second-order valence-corrected chi connectivity index (χ2v) is 8.72. The van der Waals surface area contributed by atoms with Crippen molar-refractivity contribution >= 4 is 5.69 Å². The minimum absolute atomic E-state index is 0.141. The van der Waals surface area contributed by atoms with Crippen LogP contribution in [0.3, 0.4) is 0 Å². The van der Waals surface area contributed by atoms with Crippen LogP contribution in [-0.2, 0) is 0 Å². The first kappa shape index (κ1) is 28.7. The Morgan fingerprint density at radius 1 is 0.784 bits per heavy atom. The van der Waals surface area contributed by atoms with Gasteiger partial charge in [-0.25, -0.2) is 0 Å². The smallest absolute Gasteiger partial charge is 0.457 e. The van der Waals surface area contributed by atoms with Crippen LogP contribution >= 0.6 is 0 Å². The van der Waals surface area contributed by atoms with Gasteiger partial charge in [-0.2, -0.15) is 26.3 Å². The topological polar surface area (TPSA) is 41.9 Å². The number of ether oxygens (including phenoxy) is 2. The molecule has 1 fully saturated rings. The molecule has 0 radical (unpaired) electrons. The van der Waals surface area contributed by atoms with Crippen molar-refractivity contribution in [3.05, 3.63) is 48.5 Å². The minimum atomic E-state index is -5.16. The quantitative estimate of drug-likeness (QED) is 0.347. The van der Waals surface area contributed by atoms with E-state index in [1.807, 2.05) is 0 Å². The number of nitrogens with zero attached hydrogens (tertiary/aromatic N) is 1. The Morgan fingerprint density at radius 2 is 1.35 bits per heavy atom. The van der Waals surface area contributed by atoms with Crippen LogP contribution in [0.5, 0.6) is 17.2 Å². The standard InChI is InChI=1S/C24H24F9NO3/c25-22(26,27)20(35)14-34(21(23(28,29)30)15-6-2-1-3-7-15)16-8-4-9-17(12-16)36-18-10-5-11-19(13-18)37-24(31,32)33/h4-5,8-13,15,20-21,35H,1-3,6-7,14H2. The second kappa shape index (κ2) is 11.3. The van der Waals surface area contributed by atoms with Crippen molar-refractivity contribution in [2.45, 2.75) is 63.0 Å². The molecule has 4 nitrogen and oxygen atoms in total. The molecular weight excluding hydrogens is 521 g/mol. The SMILES string of the molecule is OC(CN(c1cccc(Oc2cccc(OC(F)(F)F)c2)c1)C(C1CCCCC1)C(F)(F)F)C(F)(F)F. The second-order valence-electron chi connectivity index (χ2n) is 8.72. The summed E-state index contributed by atoms with van der Waals surface area (Å²) in [6, 6.07) is 6.77. The zero-order valence-corrected chi connectivity index (χ0v) is 19.2. The summed E-state index contributed by atoms with van der Waals surface area (Å²) >= 11 is 0. The fourth-order valence-electron chi connectivity index (χ4n) is 4.41. The molecule has 0 saturated heterocycles. The van der Waals surface area contributed by atoms with Gasteiger partial charge in [-0.1, -0.05) is 31.4 Å². The maximum Gasteiger partial charge on any atom is 0.573 e. The van der Waals surface area contributed by atoms with Gasteiger partial charge in [-0.3, -0.25) is 0 Å². The maximum absolute atomic E-state index is 14.3. The zero-order chi connectivity index (χ0) is 27.4. The number of hydrogen-bond acceptors (Lipinski definition) is 4. The van der Waals surface area contributed by atoms with Crippen LogP contribution in [-0.4, -0.2) is 42.5 Å². The molecule has 2 atom stereocenters. The molecule has 2 aromatic carbocycles. The van der Waals surface area contributed by atoms with Crippen LogP contribution in [0.2, 0.25) is 0 Å². The van der Waals surface area contributed by atoms with E-state index in [2.05, 4.69) is 4.74 Å². The van der Waals surface area contributed by atoms with Crippen LogP contribution in [0.25, 0.3) is 0 Å². The molecule has 1 aliphatic rings. The molecule has 3 rings (SSSR count). The van der Waals surface area contributed by atoms with Gasteiger partial charge in [0.15, 0.2) is 6.10 Å². The summed E-state index contributed by atoms with van der Waals surface area (Å²) < 4.78 is 129. The number of hydrogen-bond donors (Lipinski definition) is 1. The first-order chi connectivity index (χ1) is 17.1. The first-order valence-corrected chi connectivity index (χ1v) is 11.4. The van der Waals surface area contributed by atoms with Crippen molar-refractivity contribution in [3.8, 4) is 17.2 Å². The van der Waals surface area contributed by atoms with E-state index in [0.717, 1.165) is 24.3 Å². The lowest BCUT2D eigenvalue weighted by molar-refractivity contribution is -0.274. The third kappa shape index (κ3) is 8.34. The monoisotopic (exact) mass is 545 g/mol. The van der Waals surface area contributed by atoms with E-state index in [-0.39, 0.29) is 30.0 Å². The number of alkyl halides is 9. The number of aliphatic hydroxyl groups excluding tert-OH is 1. The van der Waals surface area contributed by atoms with Crippen molar-refractivity contribution in [2.24, 2.45) is 5.92 Å². The van der Waals surface area contributed by atoms with Crippen molar-refractivity contribution in [2.75, 3.05) is 11.4 Å². The molecule has 0 bridgehead atoms. The van der Waals surface area contributed by atoms with Gasteiger partial charge >= 0.3 is 18.7 Å². The van der Waals surface area contributed by atoms with Gasteiger partial charge in [0.05, 0.1) is 6.54 Å². The number of anilines is 1. The normalized spacial score (nSPS) is 17.2. The molecule has 1 saturated carbocycles.